The van der Waals surface area contributed by atoms with Gasteiger partial charge in [0, 0.05) is 37.2 Å². The van der Waals surface area contributed by atoms with Gasteiger partial charge in [-0.15, -0.1) is 0 Å². The lowest BCUT2D eigenvalue weighted by atomic mass is 10.1. The lowest BCUT2D eigenvalue weighted by Gasteiger charge is -2.14. The number of hydrogen-bond donors (Lipinski definition) is 2. The first-order chi connectivity index (χ1) is 13.1. The number of H-pyrrole nitrogens is 1. The number of halogens is 1. The monoisotopic (exact) mass is 369 g/mol. The van der Waals surface area contributed by atoms with Crippen LogP contribution in [0.25, 0.3) is 10.9 Å². The maximum absolute atomic E-state index is 13.3. The third kappa shape index (κ3) is 4.86. The van der Waals surface area contributed by atoms with E-state index >= 15 is 0 Å². The molecule has 0 unspecified atom stereocenters. The van der Waals surface area contributed by atoms with E-state index in [9.17, 15) is 9.18 Å². The molecule has 2 N–H and O–H groups in total. The zero-order chi connectivity index (χ0) is 19.2. The van der Waals surface area contributed by atoms with E-state index in [0.717, 1.165) is 35.0 Å². The number of ether oxygens (including phenoxy) is 1. The zero-order valence-electron chi connectivity index (χ0n) is 15.6. The van der Waals surface area contributed by atoms with Crippen LogP contribution in [0.1, 0.15) is 18.1 Å². The summed E-state index contributed by atoms with van der Waals surface area (Å²) >= 11 is 0. The second-order valence-corrected chi connectivity index (χ2v) is 6.46. The molecule has 142 valence electrons. The van der Waals surface area contributed by atoms with E-state index < -0.39 is 0 Å². The first-order valence-electron chi connectivity index (χ1n) is 9.05. The summed E-state index contributed by atoms with van der Waals surface area (Å²) in [6.45, 7) is 3.95. The molecule has 0 fully saturated rings. The molecule has 1 aromatic heterocycles. The summed E-state index contributed by atoms with van der Waals surface area (Å²) in [6, 6.07) is 12.3. The number of aromatic nitrogens is 1. The van der Waals surface area contributed by atoms with Crippen LogP contribution in [0.4, 0.5) is 9.18 Å². The minimum atomic E-state index is -0.363. The number of carbonyl (C=O) groups is 1. The van der Waals surface area contributed by atoms with Crippen LogP contribution < -0.4 is 10.1 Å². The van der Waals surface area contributed by atoms with Crippen molar-refractivity contribution in [2.75, 3.05) is 20.1 Å². The van der Waals surface area contributed by atoms with Gasteiger partial charge in [-0.1, -0.05) is 12.1 Å². The molecule has 0 aliphatic rings. The highest BCUT2D eigenvalue weighted by molar-refractivity contribution is 5.83. The molecule has 0 aliphatic carbocycles. The highest BCUT2D eigenvalue weighted by Gasteiger charge is 2.09. The van der Waals surface area contributed by atoms with Gasteiger partial charge in [0.25, 0.3) is 0 Å². The summed E-state index contributed by atoms with van der Waals surface area (Å²) in [5, 5.41) is 4.44. The molecule has 3 aromatic rings. The van der Waals surface area contributed by atoms with Crippen LogP contribution in [0.15, 0.2) is 48.7 Å². The van der Waals surface area contributed by atoms with E-state index in [4.69, 9.17) is 4.74 Å². The summed E-state index contributed by atoms with van der Waals surface area (Å²) in [7, 11) is 1.70. The zero-order valence-corrected chi connectivity index (χ0v) is 15.6. The van der Waals surface area contributed by atoms with Crippen LogP contribution in [-0.2, 0) is 13.0 Å². The minimum Gasteiger partial charge on any atom is -0.410 e. The van der Waals surface area contributed by atoms with E-state index in [-0.39, 0.29) is 11.9 Å². The Morgan fingerprint density at radius 1 is 1.26 bits per heavy atom. The van der Waals surface area contributed by atoms with Gasteiger partial charge < -0.3 is 19.9 Å². The summed E-state index contributed by atoms with van der Waals surface area (Å²) in [6.07, 6.45) is 2.40. The van der Waals surface area contributed by atoms with Crippen molar-refractivity contribution in [3.05, 3.63) is 65.6 Å². The third-order valence-corrected chi connectivity index (χ3v) is 4.52. The maximum Gasteiger partial charge on any atom is 0.414 e. The van der Waals surface area contributed by atoms with E-state index in [2.05, 4.69) is 10.3 Å². The molecule has 0 bridgehead atoms. The molecule has 1 heterocycles. The van der Waals surface area contributed by atoms with Crippen LogP contribution >= 0.6 is 0 Å². The van der Waals surface area contributed by atoms with Crippen LogP contribution in [-0.4, -0.2) is 36.1 Å². The molecule has 5 nitrogen and oxygen atoms in total. The fraction of sp³-hybridized carbons (Fsp3) is 0.286. The number of aromatic amines is 1. The van der Waals surface area contributed by atoms with Gasteiger partial charge in [-0.3, -0.25) is 0 Å². The Hall–Kier alpha value is -2.86. The molecule has 2 aromatic carbocycles. The normalized spacial score (nSPS) is 10.9. The molecule has 0 saturated carbocycles. The van der Waals surface area contributed by atoms with Crippen molar-refractivity contribution < 1.29 is 13.9 Å². The van der Waals surface area contributed by atoms with Gasteiger partial charge in [0.05, 0.1) is 0 Å². The Bertz CT molecular complexity index is 923. The first kappa shape index (κ1) is 18.9. The molecular formula is C21H24FN3O2. The quantitative estimate of drug-likeness (QED) is 0.617. The highest BCUT2D eigenvalue weighted by Crippen LogP contribution is 2.19. The Morgan fingerprint density at radius 3 is 2.93 bits per heavy atom. The molecule has 0 radical (unpaired) electrons. The van der Waals surface area contributed by atoms with Crippen LogP contribution in [0.3, 0.4) is 0 Å². The van der Waals surface area contributed by atoms with Crippen LogP contribution in [0.2, 0.25) is 0 Å². The largest absolute Gasteiger partial charge is 0.414 e. The average molecular weight is 369 g/mol. The van der Waals surface area contributed by atoms with Crippen molar-refractivity contribution in [3.63, 3.8) is 0 Å². The molecule has 3 rings (SSSR count). The number of fused-ring (bicyclic) bond motifs is 1. The van der Waals surface area contributed by atoms with Crippen molar-refractivity contribution in [2.45, 2.75) is 19.9 Å². The van der Waals surface area contributed by atoms with Crippen molar-refractivity contribution in [1.82, 2.24) is 15.2 Å². The second kappa shape index (κ2) is 8.68. The van der Waals surface area contributed by atoms with Gasteiger partial charge in [0.15, 0.2) is 0 Å². The Labute approximate surface area is 158 Å². The number of amides is 1. The smallest absolute Gasteiger partial charge is 0.410 e. The van der Waals surface area contributed by atoms with Gasteiger partial charge >= 0.3 is 6.09 Å². The Balaban J connectivity index is 1.51. The van der Waals surface area contributed by atoms with Gasteiger partial charge in [-0.2, -0.15) is 0 Å². The topological polar surface area (TPSA) is 57.4 Å². The van der Waals surface area contributed by atoms with Gasteiger partial charge in [0.2, 0.25) is 0 Å². The average Bonchev–Trinajstić information content (AvgIpc) is 3.06. The Morgan fingerprint density at radius 2 is 2.11 bits per heavy atom. The van der Waals surface area contributed by atoms with Gasteiger partial charge in [-0.05, 0) is 61.3 Å². The minimum absolute atomic E-state index is 0.236. The number of benzene rings is 2. The molecule has 6 heteroatoms. The molecular weight excluding hydrogens is 345 g/mol. The van der Waals surface area contributed by atoms with Gasteiger partial charge in [-0.25, -0.2) is 9.18 Å². The molecule has 1 amide bonds. The van der Waals surface area contributed by atoms with E-state index in [0.29, 0.717) is 18.8 Å². The SMILES string of the molecule is CCN(C)C(=O)Oc1cccc(CNCCc2c[nH]c3cc(F)ccc23)c1. The van der Waals surface area contributed by atoms with Crippen molar-refractivity contribution in [3.8, 4) is 5.75 Å². The van der Waals surface area contributed by atoms with E-state index in [1.54, 1.807) is 13.1 Å². The number of hydrogen-bond acceptors (Lipinski definition) is 3. The summed E-state index contributed by atoms with van der Waals surface area (Å²) in [5.74, 6) is 0.304. The summed E-state index contributed by atoms with van der Waals surface area (Å²) in [5.41, 5.74) is 3.01. The van der Waals surface area contributed by atoms with E-state index in [1.165, 1.54) is 17.0 Å². The molecule has 0 saturated heterocycles. The molecule has 27 heavy (non-hydrogen) atoms. The van der Waals surface area contributed by atoms with Gasteiger partial charge in [0.1, 0.15) is 11.6 Å². The number of rotatable bonds is 7. The lowest BCUT2D eigenvalue weighted by Crippen LogP contribution is -2.29. The second-order valence-electron chi connectivity index (χ2n) is 6.46. The maximum atomic E-state index is 13.3. The van der Waals surface area contributed by atoms with E-state index in [1.807, 2.05) is 37.4 Å². The standard InChI is InChI=1S/C21H24FN3O2/c1-3-25(2)21(26)27-18-6-4-5-15(11-18)13-23-10-9-16-14-24-20-12-17(22)7-8-19(16)20/h4-8,11-12,14,23-24H,3,9-10,13H2,1-2H3. The van der Waals surface area contributed by atoms with Crippen LogP contribution in [0, 0.1) is 5.82 Å². The predicted octanol–water partition coefficient (Wildman–Crippen LogP) is 4.09. The van der Waals surface area contributed by atoms with Crippen molar-refractivity contribution in [1.29, 1.82) is 0 Å². The Kier molecular flexibility index (Phi) is 6.08. The fourth-order valence-electron chi connectivity index (χ4n) is 2.85. The summed E-state index contributed by atoms with van der Waals surface area (Å²) < 4.78 is 18.6. The number of carbonyl (C=O) groups excluding carboxylic acids is 1. The third-order valence-electron chi connectivity index (χ3n) is 4.52. The lowest BCUT2D eigenvalue weighted by molar-refractivity contribution is 0.165. The predicted molar refractivity (Wildman–Crippen MR) is 104 cm³/mol. The fourth-order valence-corrected chi connectivity index (χ4v) is 2.85. The van der Waals surface area contributed by atoms with Crippen LogP contribution in [0.5, 0.6) is 5.75 Å². The molecule has 0 aliphatic heterocycles. The summed E-state index contributed by atoms with van der Waals surface area (Å²) in [4.78, 5) is 16.5. The molecule has 0 atom stereocenters. The molecule has 0 spiro atoms. The number of nitrogens with zero attached hydrogens (tertiary/aromatic N) is 1. The van der Waals surface area contributed by atoms with Crippen molar-refractivity contribution in [2.24, 2.45) is 0 Å². The highest BCUT2D eigenvalue weighted by atomic mass is 19.1. The first-order valence-corrected chi connectivity index (χ1v) is 9.05. The van der Waals surface area contributed by atoms with Crippen molar-refractivity contribution >= 4 is 17.0 Å². The number of nitrogens with one attached hydrogen (secondary N) is 2.